The van der Waals surface area contributed by atoms with Crippen LogP contribution in [0.2, 0.25) is 0 Å². The Morgan fingerprint density at radius 3 is 2.60 bits per heavy atom. The molecule has 1 saturated heterocycles. The molecule has 1 fully saturated rings. The summed E-state index contributed by atoms with van der Waals surface area (Å²) in [5, 5.41) is 9.50. The standard InChI is InChI=1S/C16H22N2O2/c1-3-20-15-8-7-13(11-16(15)19-2)14(12-17)18-9-5-4-6-10-18/h7-8,11,14H,3-6,9-10H2,1-2H3/t14-/m0/s1. The highest BCUT2D eigenvalue weighted by atomic mass is 16.5. The molecule has 0 aromatic heterocycles. The minimum atomic E-state index is -0.195. The van der Waals surface area contributed by atoms with Gasteiger partial charge in [0.1, 0.15) is 6.04 Å². The van der Waals surface area contributed by atoms with E-state index in [-0.39, 0.29) is 6.04 Å². The van der Waals surface area contributed by atoms with Crippen LogP contribution in [0, 0.1) is 11.3 Å². The fraction of sp³-hybridized carbons (Fsp3) is 0.562. The molecule has 1 atom stereocenters. The number of hydrogen-bond acceptors (Lipinski definition) is 4. The van der Waals surface area contributed by atoms with Crippen LogP contribution in [0.3, 0.4) is 0 Å². The Balaban J connectivity index is 2.23. The van der Waals surface area contributed by atoms with Crippen LogP contribution in [0.25, 0.3) is 0 Å². The van der Waals surface area contributed by atoms with E-state index in [4.69, 9.17) is 9.47 Å². The lowest BCUT2D eigenvalue weighted by molar-refractivity contribution is 0.195. The molecule has 0 saturated carbocycles. The Hall–Kier alpha value is -1.73. The third kappa shape index (κ3) is 3.23. The van der Waals surface area contributed by atoms with Crippen LogP contribution in [0.5, 0.6) is 11.5 Å². The summed E-state index contributed by atoms with van der Waals surface area (Å²) in [5.41, 5.74) is 0.981. The number of nitrogens with zero attached hydrogens (tertiary/aromatic N) is 2. The Bertz CT molecular complexity index is 476. The largest absolute Gasteiger partial charge is 0.493 e. The molecular formula is C16H22N2O2. The van der Waals surface area contributed by atoms with Crippen molar-refractivity contribution in [2.75, 3.05) is 26.8 Å². The van der Waals surface area contributed by atoms with Gasteiger partial charge < -0.3 is 9.47 Å². The van der Waals surface area contributed by atoms with E-state index in [0.717, 1.165) is 24.4 Å². The van der Waals surface area contributed by atoms with Crippen molar-refractivity contribution in [2.45, 2.75) is 32.2 Å². The van der Waals surface area contributed by atoms with Crippen molar-refractivity contribution in [1.82, 2.24) is 4.90 Å². The third-order valence-corrected chi connectivity index (χ3v) is 3.68. The number of ether oxygens (including phenoxy) is 2. The van der Waals surface area contributed by atoms with E-state index in [1.807, 2.05) is 25.1 Å². The second-order valence-electron chi connectivity index (χ2n) is 4.97. The Labute approximate surface area is 120 Å². The summed E-state index contributed by atoms with van der Waals surface area (Å²) in [7, 11) is 1.63. The predicted octanol–water partition coefficient (Wildman–Crippen LogP) is 3.14. The number of benzene rings is 1. The lowest BCUT2D eigenvalue weighted by atomic mass is 10.0. The van der Waals surface area contributed by atoms with Crippen LogP contribution in [0.1, 0.15) is 37.8 Å². The maximum Gasteiger partial charge on any atom is 0.161 e. The van der Waals surface area contributed by atoms with Crippen molar-refractivity contribution < 1.29 is 9.47 Å². The molecule has 0 aliphatic carbocycles. The molecule has 4 heteroatoms. The summed E-state index contributed by atoms with van der Waals surface area (Å²) >= 11 is 0. The van der Waals surface area contributed by atoms with Gasteiger partial charge in [0.2, 0.25) is 0 Å². The van der Waals surface area contributed by atoms with Crippen LogP contribution in [0.15, 0.2) is 18.2 Å². The van der Waals surface area contributed by atoms with Crippen molar-refractivity contribution in [2.24, 2.45) is 0 Å². The molecule has 1 aliphatic rings. The van der Waals surface area contributed by atoms with E-state index in [9.17, 15) is 5.26 Å². The highest BCUT2D eigenvalue weighted by molar-refractivity contribution is 5.44. The van der Waals surface area contributed by atoms with E-state index in [0.29, 0.717) is 12.4 Å². The van der Waals surface area contributed by atoms with Gasteiger partial charge in [-0.2, -0.15) is 5.26 Å². The molecule has 1 aromatic rings. The van der Waals surface area contributed by atoms with Gasteiger partial charge in [0.25, 0.3) is 0 Å². The van der Waals surface area contributed by atoms with Crippen molar-refractivity contribution in [3.8, 4) is 17.6 Å². The molecule has 1 aliphatic heterocycles. The summed E-state index contributed by atoms with van der Waals surface area (Å²) in [6.07, 6.45) is 3.61. The fourth-order valence-corrected chi connectivity index (χ4v) is 2.67. The third-order valence-electron chi connectivity index (χ3n) is 3.68. The smallest absolute Gasteiger partial charge is 0.161 e. The highest BCUT2D eigenvalue weighted by Gasteiger charge is 2.23. The number of nitriles is 1. The molecule has 0 radical (unpaired) electrons. The normalized spacial score (nSPS) is 17.2. The maximum atomic E-state index is 9.50. The fourth-order valence-electron chi connectivity index (χ4n) is 2.67. The quantitative estimate of drug-likeness (QED) is 0.827. The van der Waals surface area contributed by atoms with Gasteiger partial charge in [0, 0.05) is 0 Å². The molecule has 1 heterocycles. The van der Waals surface area contributed by atoms with E-state index in [1.165, 1.54) is 19.3 Å². The molecule has 0 bridgehead atoms. The molecule has 0 unspecified atom stereocenters. The molecular weight excluding hydrogens is 252 g/mol. The SMILES string of the molecule is CCOc1ccc([C@H](C#N)N2CCCCC2)cc1OC. The first-order valence-corrected chi connectivity index (χ1v) is 7.24. The first-order valence-electron chi connectivity index (χ1n) is 7.24. The zero-order valence-corrected chi connectivity index (χ0v) is 12.3. The van der Waals surface area contributed by atoms with Gasteiger partial charge in [-0.15, -0.1) is 0 Å². The number of hydrogen-bond donors (Lipinski definition) is 0. The van der Waals surface area contributed by atoms with Gasteiger partial charge in [-0.25, -0.2) is 0 Å². The minimum absolute atomic E-state index is 0.195. The summed E-state index contributed by atoms with van der Waals surface area (Å²) in [6, 6.07) is 8.01. The number of likely N-dealkylation sites (tertiary alicyclic amines) is 1. The molecule has 1 aromatic carbocycles. The summed E-state index contributed by atoms with van der Waals surface area (Å²) < 4.78 is 10.9. The Morgan fingerprint density at radius 2 is 2.00 bits per heavy atom. The Kier molecular flexibility index (Phi) is 5.25. The van der Waals surface area contributed by atoms with Crippen molar-refractivity contribution in [3.05, 3.63) is 23.8 Å². The predicted molar refractivity (Wildman–Crippen MR) is 77.9 cm³/mol. The van der Waals surface area contributed by atoms with Crippen LogP contribution < -0.4 is 9.47 Å². The molecule has 0 N–H and O–H groups in total. The number of piperidine rings is 1. The van der Waals surface area contributed by atoms with Crippen LogP contribution in [0.4, 0.5) is 0 Å². The van der Waals surface area contributed by atoms with Gasteiger partial charge in [0.05, 0.1) is 19.8 Å². The molecule has 20 heavy (non-hydrogen) atoms. The van der Waals surface area contributed by atoms with Gasteiger partial charge in [-0.3, -0.25) is 4.90 Å². The topological polar surface area (TPSA) is 45.5 Å². The van der Waals surface area contributed by atoms with Crippen LogP contribution in [-0.2, 0) is 0 Å². The van der Waals surface area contributed by atoms with Gasteiger partial charge in [-0.1, -0.05) is 12.5 Å². The van der Waals surface area contributed by atoms with Gasteiger partial charge in [0.15, 0.2) is 11.5 Å². The van der Waals surface area contributed by atoms with Crippen molar-refractivity contribution >= 4 is 0 Å². The lowest BCUT2D eigenvalue weighted by Gasteiger charge is -2.30. The zero-order valence-electron chi connectivity index (χ0n) is 12.3. The molecule has 2 rings (SSSR count). The van der Waals surface area contributed by atoms with E-state index in [2.05, 4.69) is 11.0 Å². The number of methoxy groups -OCH3 is 1. The van der Waals surface area contributed by atoms with Crippen LogP contribution >= 0.6 is 0 Å². The molecule has 108 valence electrons. The monoisotopic (exact) mass is 274 g/mol. The first-order chi connectivity index (χ1) is 9.80. The second kappa shape index (κ2) is 7.16. The second-order valence-corrected chi connectivity index (χ2v) is 4.97. The summed E-state index contributed by atoms with van der Waals surface area (Å²) in [4.78, 5) is 2.25. The molecule has 4 nitrogen and oxygen atoms in total. The minimum Gasteiger partial charge on any atom is -0.493 e. The molecule has 0 amide bonds. The zero-order chi connectivity index (χ0) is 14.4. The van der Waals surface area contributed by atoms with Gasteiger partial charge in [-0.05, 0) is 50.6 Å². The van der Waals surface area contributed by atoms with Gasteiger partial charge >= 0.3 is 0 Å². The van der Waals surface area contributed by atoms with Crippen LogP contribution in [-0.4, -0.2) is 31.7 Å². The van der Waals surface area contributed by atoms with E-state index >= 15 is 0 Å². The average molecular weight is 274 g/mol. The van der Waals surface area contributed by atoms with E-state index in [1.54, 1.807) is 7.11 Å². The highest BCUT2D eigenvalue weighted by Crippen LogP contribution is 2.32. The number of rotatable bonds is 5. The lowest BCUT2D eigenvalue weighted by Crippen LogP contribution is -2.33. The summed E-state index contributed by atoms with van der Waals surface area (Å²) in [6.45, 7) is 4.53. The first kappa shape index (κ1) is 14.7. The molecule has 0 spiro atoms. The maximum absolute atomic E-state index is 9.50. The van der Waals surface area contributed by atoms with Crippen molar-refractivity contribution in [1.29, 1.82) is 5.26 Å². The summed E-state index contributed by atoms with van der Waals surface area (Å²) in [5.74, 6) is 1.43. The Morgan fingerprint density at radius 1 is 1.25 bits per heavy atom. The average Bonchev–Trinajstić information content (AvgIpc) is 2.50. The van der Waals surface area contributed by atoms with Crippen molar-refractivity contribution in [3.63, 3.8) is 0 Å². The van der Waals surface area contributed by atoms with E-state index < -0.39 is 0 Å².